The minimum absolute atomic E-state index is 0.0198. The highest BCUT2D eigenvalue weighted by Gasteiger charge is 2.26. The van der Waals surface area contributed by atoms with Crippen molar-refractivity contribution in [2.45, 2.75) is 110 Å². The second-order valence-electron chi connectivity index (χ2n) is 11.4. The van der Waals surface area contributed by atoms with Crippen molar-refractivity contribution in [3.63, 3.8) is 0 Å². The Bertz CT molecular complexity index is 881. The van der Waals surface area contributed by atoms with Gasteiger partial charge in [0, 0.05) is 39.8 Å². The summed E-state index contributed by atoms with van der Waals surface area (Å²) < 4.78 is 20.6. The van der Waals surface area contributed by atoms with Crippen molar-refractivity contribution in [1.82, 2.24) is 15.1 Å². The number of rotatable bonds is 27. The number of amides is 1. The fourth-order valence-corrected chi connectivity index (χ4v) is 4.54. The molecule has 260 valence electrons. The first-order valence-corrected chi connectivity index (χ1v) is 16.3. The summed E-state index contributed by atoms with van der Waals surface area (Å²) in [6, 6.07) is -0.374. The van der Waals surface area contributed by atoms with Crippen LogP contribution in [0.1, 0.15) is 97.8 Å². The highest BCUT2D eigenvalue weighted by molar-refractivity contribution is 5.78. The van der Waals surface area contributed by atoms with Gasteiger partial charge < -0.3 is 24.3 Å². The zero-order chi connectivity index (χ0) is 33.9. The van der Waals surface area contributed by atoms with Gasteiger partial charge in [-0.25, -0.2) is 0 Å². The Labute approximate surface area is 270 Å². The van der Waals surface area contributed by atoms with E-state index in [1.807, 2.05) is 6.08 Å². The molecule has 1 N–H and O–H groups in total. The Hall–Kier alpha value is -2.99. The minimum Gasteiger partial charge on any atom is -0.469 e. The van der Waals surface area contributed by atoms with Crippen LogP contribution >= 0.6 is 0 Å². The number of carbonyl (C=O) groups is 5. The number of hydrogen-bond donors (Lipinski definition) is 1. The van der Waals surface area contributed by atoms with E-state index in [9.17, 15) is 24.0 Å². The molecule has 2 atom stereocenters. The van der Waals surface area contributed by atoms with Gasteiger partial charge in [0.1, 0.15) is 19.3 Å². The van der Waals surface area contributed by atoms with Gasteiger partial charge in [0.2, 0.25) is 5.91 Å². The maximum absolute atomic E-state index is 13.0. The van der Waals surface area contributed by atoms with Crippen LogP contribution in [0.5, 0.6) is 0 Å². The van der Waals surface area contributed by atoms with Crippen LogP contribution in [0.3, 0.4) is 0 Å². The molecule has 0 radical (unpaired) electrons. The Kier molecular flexibility index (Phi) is 25.5. The smallest absolute Gasteiger partial charge is 0.320 e. The Morgan fingerprint density at radius 3 is 1.96 bits per heavy atom. The number of ether oxygens (including phenoxy) is 4. The van der Waals surface area contributed by atoms with Gasteiger partial charge in [-0.05, 0) is 39.8 Å². The maximum atomic E-state index is 13.0. The molecule has 0 spiro atoms. The minimum atomic E-state index is -0.555. The molecule has 0 aliphatic carbocycles. The van der Waals surface area contributed by atoms with Gasteiger partial charge in [0.15, 0.2) is 0 Å². The molecule has 45 heavy (non-hydrogen) atoms. The summed E-state index contributed by atoms with van der Waals surface area (Å²) in [5, 5.41) is 3.10. The van der Waals surface area contributed by atoms with Crippen molar-refractivity contribution >= 4 is 29.8 Å². The topological polar surface area (TPSA) is 141 Å². The van der Waals surface area contributed by atoms with E-state index in [4.69, 9.17) is 14.2 Å². The lowest BCUT2D eigenvalue weighted by Gasteiger charge is -2.29. The molecule has 0 bridgehead atoms. The Morgan fingerprint density at radius 2 is 1.36 bits per heavy atom. The highest BCUT2D eigenvalue weighted by atomic mass is 16.5. The van der Waals surface area contributed by atoms with Crippen molar-refractivity contribution in [2.75, 3.05) is 60.6 Å². The normalized spacial score (nSPS) is 12.6. The largest absolute Gasteiger partial charge is 0.469 e. The van der Waals surface area contributed by atoms with Crippen LogP contribution in [-0.4, -0.2) is 112 Å². The van der Waals surface area contributed by atoms with Crippen molar-refractivity contribution in [3.05, 3.63) is 12.2 Å². The summed E-state index contributed by atoms with van der Waals surface area (Å²) in [7, 11) is 4.94. The lowest BCUT2D eigenvalue weighted by Crippen LogP contribution is -2.49. The molecule has 0 saturated carbocycles. The second-order valence-corrected chi connectivity index (χ2v) is 11.4. The van der Waals surface area contributed by atoms with Crippen LogP contribution in [0.25, 0.3) is 0 Å². The van der Waals surface area contributed by atoms with Crippen molar-refractivity contribution in [2.24, 2.45) is 0 Å². The summed E-state index contributed by atoms with van der Waals surface area (Å²) in [5.74, 6) is -1.53. The van der Waals surface area contributed by atoms with E-state index in [1.54, 1.807) is 23.9 Å². The van der Waals surface area contributed by atoms with Crippen molar-refractivity contribution in [3.8, 4) is 0 Å². The summed E-state index contributed by atoms with van der Waals surface area (Å²) in [5.41, 5.74) is 0. The van der Waals surface area contributed by atoms with Crippen LogP contribution in [0.2, 0.25) is 0 Å². The lowest BCUT2D eigenvalue weighted by atomic mass is 9.99. The molecule has 12 heteroatoms. The standard InChI is InChI=1S/C33H59N3O9/c1-7-8-15-18-29(34-31(39)25-35(4)21-23-43-27(2)37)30(45-33(41)26-36(5)22-24-44-28(3)38)19-16-13-11-9-10-12-14-17-20-32(40)42-6/h13,16,29-30H,7-12,14-15,17-26H2,1-6H3,(H,34,39)/b16-13+. The molecule has 0 aromatic rings. The number of unbranched alkanes of at least 4 members (excludes halogenated alkanes) is 7. The van der Waals surface area contributed by atoms with E-state index in [1.165, 1.54) is 21.0 Å². The van der Waals surface area contributed by atoms with Gasteiger partial charge >= 0.3 is 23.9 Å². The molecular formula is C33H59N3O9. The van der Waals surface area contributed by atoms with E-state index in [2.05, 4.69) is 23.1 Å². The fourth-order valence-electron chi connectivity index (χ4n) is 4.54. The molecular weight excluding hydrogens is 582 g/mol. The molecule has 0 saturated heterocycles. The van der Waals surface area contributed by atoms with Crippen LogP contribution in [-0.2, 0) is 42.9 Å². The monoisotopic (exact) mass is 641 g/mol. The molecule has 0 aromatic carbocycles. The highest BCUT2D eigenvalue weighted by Crippen LogP contribution is 2.16. The molecule has 2 unspecified atom stereocenters. The molecule has 0 heterocycles. The Morgan fingerprint density at radius 1 is 0.756 bits per heavy atom. The third-order valence-electron chi connectivity index (χ3n) is 7.08. The van der Waals surface area contributed by atoms with Crippen LogP contribution in [0.4, 0.5) is 0 Å². The zero-order valence-electron chi connectivity index (χ0n) is 28.6. The number of methoxy groups -OCH3 is 1. The molecule has 0 aliphatic heterocycles. The number of nitrogens with one attached hydrogen (secondary N) is 1. The first kappa shape index (κ1) is 42.0. The second kappa shape index (κ2) is 27.3. The number of nitrogens with zero attached hydrogens (tertiary/aromatic N) is 2. The van der Waals surface area contributed by atoms with E-state index in [-0.39, 0.29) is 56.2 Å². The van der Waals surface area contributed by atoms with E-state index < -0.39 is 12.1 Å². The Balaban J connectivity index is 5.28. The van der Waals surface area contributed by atoms with Crippen molar-refractivity contribution < 1.29 is 42.9 Å². The van der Waals surface area contributed by atoms with Gasteiger partial charge in [0.25, 0.3) is 0 Å². The van der Waals surface area contributed by atoms with Crippen molar-refractivity contribution in [1.29, 1.82) is 0 Å². The predicted octanol–water partition coefficient (Wildman–Crippen LogP) is 3.80. The third kappa shape index (κ3) is 26.0. The number of hydrogen-bond acceptors (Lipinski definition) is 11. The molecule has 0 fully saturated rings. The molecule has 0 aromatic heterocycles. The quantitative estimate of drug-likeness (QED) is 0.0606. The summed E-state index contributed by atoms with van der Waals surface area (Å²) in [6.07, 6.45) is 13.9. The molecule has 1 amide bonds. The van der Waals surface area contributed by atoms with Gasteiger partial charge in [-0.2, -0.15) is 0 Å². The first-order chi connectivity index (χ1) is 21.5. The van der Waals surface area contributed by atoms with Gasteiger partial charge in [-0.1, -0.05) is 57.6 Å². The van der Waals surface area contributed by atoms with Gasteiger partial charge in [0.05, 0.1) is 26.2 Å². The number of carbonyl (C=O) groups excluding carboxylic acids is 5. The van der Waals surface area contributed by atoms with Crippen LogP contribution < -0.4 is 5.32 Å². The number of likely N-dealkylation sites (N-methyl/N-ethyl adjacent to an activating group) is 2. The van der Waals surface area contributed by atoms with Crippen LogP contribution in [0, 0.1) is 0 Å². The molecule has 12 nitrogen and oxygen atoms in total. The lowest BCUT2D eigenvalue weighted by molar-refractivity contribution is -0.153. The molecule has 0 aliphatic rings. The average molecular weight is 642 g/mol. The summed E-state index contributed by atoms with van der Waals surface area (Å²) in [4.78, 5) is 62.8. The zero-order valence-corrected chi connectivity index (χ0v) is 28.6. The van der Waals surface area contributed by atoms with E-state index in [0.717, 1.165) is 57.8 Å². The fraction of sp³-hybridized carbons (Fsp3) is 0.788. The van der Waals surface area contributed by atoms with Gasteiger partial charge in [-0.15, -0.1) is 0 Å². The number of allylic oxidation sites excluding steroid dienone is 1. The average Bonchev–Trinajstić information content (AvgIpc) is 2.96. The first-order valence-electron chi connectivity index (χ1n) is 16.3. The number of esters is 4. The van der Waals surface area contributed by atoms with Crippen LogP contribution in [0.15, 0.2) is 12.2 Å². The van der Waals surface area contributed by atoms with Gasteiger partial charge in [-0.3, -0.25) is 33.8 Å². The van der Waals surface area contributed by atoms with E-state index >= 15 is 0 Å². The summed E-state index contributed by atoms with van der Waals surface area (Å²) in [6.45, 7) is 6.10. The third-order valence-corrected chi connectivity index (χ3v) is 7.08. The molecule has 0 rings (SSSR count). The predicted molar refractivity (Wildman–Crippen MR) is 172 cm³/mol. The van der Waals surface area contributed by atoms with E-state index in [0.29, 0.717) is 32.4 Å². The maximum Gasteiger partial charge on any atom is 0.320 e. The SMILES string of the molecule is CCCCCC(NC(=O)CN(C)CCOC(C)=O)C(C/C=C/CCCCCCCC(=O)OC)OC(=O)CN(C)CCOC(C)=O. The summed E-state index contributed by atoms with van der Waals surface area (Å²) >= 11 is 0.